The van der Waals surface area contributed by atoms with Crippen molar-refractivity contribution in [3.05, 3.63) is 59.9 Å². The lowest BCUT2D eigenvalue weighted by atomic mass is 10.1. The van der Waals surface area contributed by atoms with Crippen LogP contribution < -0.4 is 10.1 Å². The van der Waals surface area contributed by atoms with Gasteiger partial charge >= 0.3 is 12.0 Å². The van der Waals surface area contributed by atoms with E-state index in [4.69, 9.17) is 9.84 Å². The molecule has 2 N–H and O–H groups in total. The minimum Gasteiger partial charge on any atom is -0.481 e. The Morgan fingerprint density at radius 3 is 2.63 bits per heavy atom. The van der Waals surface area contributed by atoms with Crippen LogP contribution in [0.2, 0.25) is 0 Å². The van der Waals surface area contributed by atoms with E-state index in [2.05, 4.69) is 5.32 Å². The van der Waals surface area contributed by atoms with Crippen molar-refractivity contribution in [3.63, 3.8) is 0 Å². The number of carboxylic acids is 1. The first-order chi connectivity index (χ1) is 12.9. The molecule has 27 heavy (non-hydrogen) atoms. The molecule has 7 heteroatoms. The van der Waals surface area contributed by atoms with Gasteiger partial charge < -0.3 is 20.1 Å². The molecule has 1 fully saturated rings. The van der Waals surface area contributed by atoms with Gasteiger partial charge in [-0.1, -0.05) is 24.3 Å². The van der Waals surface area contributed by atoms with Crippen molar-refractivity contribution >= 4 is 12.0 Å². The molecule has 0 spiro atoms. The predicted octanol–water partition coefficient (Wildman–Crippen LogP) is 3.80. The van der Waals surface area contributed by atoms with E-state index in [0.717, 1.165) is 0 Å². The van der Waals surface area contributed by atoms with E-state index in [1.54, 1.807) is 37.3 Å². The number of para-hydroxylation sites is 1. The van der Waals surface area contributed by atoms with Crippen LogP contribution in [0.5, 0.6) is 11.5 Å². The number of halogens is 1. The number of urea groups is 1. The van der Waals surface area contributed by atoms with Gasteiger partial charge in [-0.15, -0.1) is 0 Å². The summed E-state index contributed by atoms with van der Waals surface area (Å²) in [7, 11) is 0. The summed E-state index contributed by atoms with van der Waals surface area (Å²) < 4.78 is 19.9. The van der Waals surface area contributed by atoms with Gasteiger partial charge in [0.2, 0.25) is 0 Å². The molecule has 2 atom stereocenters. The second-order valence-corrected chi connectivity index (χ2v) is 6.55. The summed E-state index contributed by atoms with van der Waals surface area (Å²) >= 11 is 0. The molecule has 1 heterocycles. The highest BCUT2D eigenvalue weighted by Gasteiger charge is 2.31. The van der Waals surface area contributed by atoms with Crippen LogP contribution >= 0.6 is 0 Å². The first-order valence-corrected chi connectivity index (χ1v) is 8.74. The van der Waals surface area contributed by atoms with Crippen molar-refractivity contribution in [2.75, 3.05) is 13.1 Å². The Labute approximate surface area is 156 Å². The number of aliphatic carboxylic acids is 1. The first kappa shape index (κ1) is 18.7. The van der Waals surface area contributed by atoms with Crippen LogP contribution in [0, 0.1) is 11.7 Å². The fourth-order valence-corrected chi connectivity index (χ4v) is 2.99. The average Bonchev–Trinajstić information content (AvgIpc) is 3.15. The number of amides is 2. The summed E-state index contributed by atoms with van der Waals surface area (Å²) in [6.45, 7) is 2.33. The summed E-state index contributed by atoms with van der Waals surface area (Å²) in [5.41, 5.74) is 0.593. The lowest BCUT2D eigenvalue weighted by Gasteiger charge is -2.21. The van der Waals surface area contributed by atoms with Gasteiger partial charge in [-0.25, -0.2) is 9.18 Å². The monoisotopic (exact) mass is 372 g/mol. The van der Waals surface area contributed by atoms with Crippen molar-refractivity contribution in [1.82, 2.24) is 10.2 Å². The summed E-state index contributed by atoms with van der Waals surface area (Å²) in [5.74, 6) is -1.31. The number of hydrogen-bond acceptors (Lipinski definition) is 3. The van der Waals surface area contributed by atoms with Crippen LogP contribution in [0.15, 0.2) is 48.5 Å². The number of carbonyl (C=O) groups is 2. The third-order valence-electron chi connectivity index (χ3n) is 4.59. The third kappa shape index (κ3) is 4.55. The number of ether oxygens (including phenoxy) is 1. The molecule has 1 aliphatic rings. The molecule has 2 aromatic rings. The van der Waals surface area contributed by atoms with Gasteiger partial charge in [0.05, 0.1) is 12.0 Å². The van der Waals surface area contributed by atoms with Crippen molar-refractivity contribution in [2.24, 2.45) is 5.92 Å². The Hall–Kier alpha value is -3.09. The van der Waals surface area contributed by atoms with Gasteiger partial charge in [-0.3, -0.25) is 4.79 Å². The van der Waals surface area contributed by atoms with Crippen molar-refractivity contribution < 1.29 is 23.8 Å². The number of rotatable bonds is 5. The maximum atomic E-state index is 14.4. The number of benzene rings is 2. The molecule has 2 aromatic carbocycles. The summed E-state index contributed by atoms with van der Waals surface area (Å²) in [6.07, 6.45) is 0.442. The van der Waals surface area contributed by atoms with Gasteiger partial charge in [0.15, 0.2) is 11.6 Å². The quantitative estimate of drug-likeness (QED) is 0.837. The molecular formula is C20H21FN2O4. The molecular weight excluding hydrogens is 351 g/mol. The standard InChI is InChI=1S/C20H21FN2O4/c1-13(22-20(26)23-10-9-15(12-23)19(24)25)14-7-8-18(17(21)11-14)27-16-5-3-2-4-6-16/h2-8,11,13,15H,9-10,12H2,1H3,(H,22,26)(H,24,25). The maximum absolute atomic E-state index is 14.4. The van der Waals surface area contributed by atoms with Gasteiger partial charge in [0.1, 0.15) is 5.75 Å². The zero-order valence-electron chi connectivity index (χ0n) is 14.9. The highest BCUT2D eigenvalue weighted by molar-refractivity contribution is 5.77. The van der Waals surface area contributed by atoms with Gasteiger partial charge in [-0.2, -0.15) is 0 Å². The van der Waals surface area contributed by atoms with E-state index in [0.29, 0.717) is 24.3 Å². The molecule has 6 nitrogen and oxygen atoms in total. The highest BCUT2D eigenvalue weighted by Crippen LogP contribution is 2.27. The smallest absolute Gasteiger partial charge is 0.317 e. The van der Waals surface area contributed by atoms with E-state index in [-0.39, 0.29) is 18.3 Å². The van der Waals surface area contributed by atoms with E-state index in [1.807, 2.05) is 6.07 Å². The van der Waals surface area contributed by atoms with Gasteiger partial charge in [0.25, 0.3) is 0 Å². The molecule has 0 aliphatic carbocycles. The normalized spacial score (nSPS) is 17.4. The molecule has 3 rings (SSSR count). The Balaban J connectivity index is 1.61. The number of likely N-dealkylation sites (tertiary alicyclic amines) is 1. The van der Waals surface area contributed by atoms with E-state index in [9.17, 15) is 14.0 Å². The van der Waals surface area contributed by atoms with Crippen LogP contribution in [0.3, 0.4) is 0 Å². The molecule has 142 valence electrons. The number of nitrogens with one attached hydrogen (secondary N) is 1. The van der Waals surface area contributed by atoms with Crippen molar-refractivity contribution in [1.29, 1.82) is 0 Å². The fraction of sp³-hybridized carbons (Fsp3) is 0.300. The van der Waals surface area contributed by atoms with Crippen molar-refractivity contribution in [3.8, 4) is 11.5 Å². The third-order valence-corrected chi connectivity index (χ3v) is 4.59. The van der Waals surface area contributed by atoms with Gasteiger partial charge in [-0.05, 0) is 43.2 Å². The Morgan fingerprint density at radius 1 is 1.26 bits per heavy atom. The number of carboxylic acid groups (broad SMARTS) is 1. The van der Waals surface area contributed by atoms with Crippen LogP contribution in [-0.2, 0) is 4.79 Å². The molecule has 1 aliphatic heterocycles. The molecule has 2 amide bonds. The summed E-state index contributed by atoms with van der Waals surface area (Å²) in [6, 6.07) is 12.7. The lowest BCUT2D eigenvalue weighted by Crippen LogP contribution is -2.40. The highest BCUT2D eigenvalue weighted by atomic mass is 19.1. The predicted molar refractivity (Wildman–Crippen MR) is 97.2 cm³/mol. The largest absolute Gasteiger partial charge is 0.481 e. The number of hydrogen-bond donors (Lipinski definition) is 2. The minimum absolute atomic E-state index is 0.104. The Kier molecular flexibility index (Phi) is 5.59. The molecule has 0 saturated carbocycles. The maximum Gasteiger partial charge on any atom is 0.317 e. The summed E-state index contributed by atoms with van der Waals surface area (Å²) in [4.78, 5) is 24.8. The van der Waals surface area contributed by atoms with Crippen LogP contribution in [0.1, 0.15) is 24.9 Å². The van der Waals surface area contributed by atoms with Crippen LogP contribution in [0.25, 0.3) is 0 Å². The zero-order valence-corrected chi connectivity index (χ0v) is 14.9. The first-order valence-electron chi connectivity index (χ1n) is 8.74. The Morgan fingerprint density at radius 2 is 2.00 bits per heavy atom. The number of carbonyl (C=O) groups excluding carboxylic acids is 1. The molecule has 0 radical (unpaired) electrons. The van der Waals surface area contributed by atoms with Crippen LogP contribution in [0.4, 0.5) is 9.18 Å². The molecule has 1 saturated heterocycles. The van der Waals surface area contributed by atoms with E-state index >= 15 is 0 Å². The fourth-order valence-electron chi connectivity index (χ4n) is 2.99. The van der Waals surface area contributed by atoms with E-state index in [1.165, 1.54) is 17.0 Å². The van der Waals surface area contributed by atoms with Crippen molar-refractivity contribution in [2.45, 2.75) is 19.4 Å². The minimum atomic E-state index is -0.894. The van der Waals surface area contributed by atoms with E-state index < -0.39 is 23.7 Å². The second kappa shape index (κ2) is 8.07. The lowest BCUT2D eigenvalue weighted by molar-refractivity contribution is -0.141. The molecule has 0 aromatic heterocycles. The molecule has 2 unspecified atom stereocenters. The summed E-state index contributed by atoms with van der Waals surface area (Å²) in [5, 5.41) is 11.8. The van der Waals surface area contributed by atoms with Gasteiger partial charge in [0, 0.05) is 13.1 Å². The van der Waals surface area contributed by atoms with Crippen LogP contribution in [-0.4, -0.2) is 35.1 Å². The topological polar surface area (TPSA) is 78.9 Å². The second-order valence-electron chi connectivity index (χ2n) is 6.55. The Bertz CT molecular complexity index is 828. The molecule has 0 bridgehead atoms. The average molecular weight is 372 g/mol. The number of nitrogens with zero attached hydrogens (tertiary/aromatic N) is 1. The zero-order chi connectivity index (χ0) is 19.4. The SMILES string of the molecule is CC(NC(=O)N1CCC(C(=O)O)C1)c1ccc(Oc2ccccc2)c(F)c1.